The summed E-state index contributed by atoms with van der Waals surface area (Å²) in [5.74, 6) is -1.73. The predicted molar refractivity (Wildman–Crippen MR) is 124 cm³/mol. The highest BCUT2D eigenvalue weighted by molar-refractivity contribution is 5.94. The number of carbonyl (C=O) groups is 3. The summed E-state index contributed by atoms with van der Waals surface area (Å²) in [6, 6.07) is 0.605. The first-order chi connectivity index (χ1) is 17.1. The minimum atomic E-state index is -1.13. The van der Waals surface area contributed by atoms with Gasteiger partial charge in [0.05, 0.1) is 23.3 Å². The number of nitro groups is 2. The van der Waals surface area contributed by atoms with Crippen LogP contribution in [-0.4, -0.2) is 74.3 Å². The van der Waals surface area contributed by atoms with Crippen molar-refractivity contribution in [3.8, 4) is 0 Å². The normalized spacial score (nSPS) is 16.6. The number of esters is 1. The molecule has 3 atom stereocenters. The van der Waals surface area contributed by atoms with Crippen LogP contribution in [0.2, 0.25) is 0 Å². The molecule has 15 nitrogen and oxygen atoms in total. The third-order valence-corrected chi connectivity index (χ3v) is 5.75. The molecule has 3 N–H and O–H groups in total. The van der Waals surface area contributed by atoms with Crippen molar-refractivity contribution in [3.05, 3.63) is 56.6 Å². The lowest BCUT2D eigenvalue weighted by Crippen LogP contribution is -2.53. The smallest absolute Gasteiger partial charge is 0.368 e. The number of nitro benzene ring substituents is 2. The van der Waals surface area contributed by atoms with Crippen LogP contribution in [0.25, 0.3) is 0 Å². The number of nitrogens with one attached hydrogen (secondary N) is 3. The Bertz CT molecular complexity index is 1150. The van der Waals surface area contributed by atoms with E-state index in [0.717, 1.165) is 6.07 Å². The summed E-state index contributed by atoms with van der Waals surface area (Å²) in [7, 11) is 1.19. The van der Waals surface area contributed by atoms with Gasteiger partial charge in [0.25, 0.3) is 0 Å². The number of likely N-dealkylation sites (tertiary alicyclic amines) is 1. The minimum absolute atomic E-state index is 0.00207. The number of carbonyl (C=O) groups excluding carboxylic acids is 3. The summed E-state index contributed by atoms with van der Waals surface area (Å²) in [5.41, 5.74) is -1.21. The molecule has 0 unspecified atom stereocenters. The Morgan fingerprint density at radius 3 is 2.64 bits per heavy atom. The van der Waals surface area contributed by atoms with E-state index in [4.69, 9.17) is 0 Å². The number of para-hydroxylation sites is 1. The van der Waals surface area contributed by atoms with Gasteiger partial charge in [0, 0.05) is 30.9 Å². The molecule has 0 saturated carbocycles. The molecule has 1 aliphatic heterocycles. The van der Waals surface area contributed by atoms with Gasteiger partial charge in [-0.15, -0.1) is 0 Å². The third kappa shape index (κ3) is 5.73. The zero-order valence-electron chi connectivity index (χ0n) is 19.5. The standard InChI is InChI=1S/C21H25N7O8/c1-12(21(31)36-2)24-19(29)17-7-4-8-26(17)20(30)15(9-13-10-22-11-23-13)25-14-5-3-6-16(27(32)33)18(14)28(34)35/h3,5-6,10-12,15,17,25H,4,7-9H2,1-2H3,(H,22,23)(H,24,29)/t12-,15-,17-/m0/s1. The molecular weight excluding hydrogens is 478 g/mol. The number of anilines is 1. The van der Waals surface area contributed by atoms with Crippen LogP contribution in [0.1, 0.15) is 25.5 Å². The maximum atomic E-state index is 13.6. The summed E-state index contributed by atoms with van der Waals surface area (Å²) in [6.45, 7) is 1.69. The second kappa shape index (κ2) is 11.2. The quantitative estimate of drug-likeness (QED) is 0.237. The molecule has 0 spiro atoms. The molecule has 15 heteroatoms. The first-order valence-corrected chi connectivity index (χ1v) is 11.0. The molecule has 36 heavy (non-hydrogen) atoms. The number of nitrogens with zero attached hydrogens (tertiary/aromatic N) is 4. The monoisotopic (exact) mass is 503 g/mol. The van der Waals surface area contributed by atoms with Crippen LogP contribution in [0.3, 0.4) is 0 Å². The van der Waals surface area contributed by atoms with E-state index in [0.29, 0.717) is 18.5 Å². The van der Waals surface area contributed by atoms with E-state index in [1.54, 1.807) is 0 Å². The van der Waals surface area contributed by atoms with Crippen LogP contribution < -0.4 is 10.6 Å². The number of benzene rings is 1. The number of imidazole rings is 1. The van der Waals surface area contributed by atoms with Crippen molar-refractivity contribution in [2.24, 2.45) is 0 Å². The predicted octanol–water partition coefficient (Wildman–Crippen LogP) is 0.918. The number of aromatic amines is 1. The summed E-state index contributed by atoms with van der Waals surface area (Å²) >= 11 is 0. The molecule has 2 amide bonds. The second-order valence-corrected chi connectivity index (χ2v) is 8.11. The molecule has 1 aliphatic rings. The minimum Gasteiger partial charge on any atom is -0.467 e. The molecule has 0 bridgehead atoms. The van der Waals surface area contributed by atoms with E-state index in [1.165, 1.54) is 43.6 Å². The Morgan fingerprint density at radius 2 is 2.03 bits per heavy atom. The molecule has 0 radical (unpaired) electrons. The molecule has 3 rings (SSSR count). The molecule has 2 heterocycles. The van der Waals surface area contributed by atoms with Crippen molar-refractivity contribution in [2.75, 3.05) is 19.0 Å². The van der Waals surface area contributed by atoms with E-state index < -0.39 is 57.1 Å². The molecule has 2 aromatic rings. The highest BCUT2D eigenvalue weighted by atomic mass is 16.6. The zero-order chi connectivity index (χ0) is 26.4. The maximum absolute atomic E-state index is 13.6. The van der Waals surface area contributed by atoms with Gasteiger partial charge in [-0.05, 0) is 25.8 Å². The molecule has 0 aliphatic carbocycles. The molecule has 1 aromatic heterocycles. The van der Waals surface area contributed by atoms with Gasteiger partial charge in [0.2, 0.25) is 11.8 Å². The molecule has 1 aromatic carbocycles. The van der Waals surface area contributed by atoms with Crippen LogP contribution in [0.4, 0.5) is 17.1 Å². The van der Waals surface area contributed by atoms with E-state index >= 15 is 0 Å². The number of rotatable bonds is 10. The van der Waals surface area contributed by atoms with Gasteiger partial charge < -0.3 is 25.3 Å². The largest absolute Gasteiger partial charge is 0.467 e. The SMILES string of the molecule is COC(=O)[C@H](C)NC(=O)[C@@H]1CCCN1C(=O)[C@H](Cc1cnc[nH]1)Nc1cccc([N+](=O)[O-])c1[N+](=O)[O-]. The fraction of sp³-hybridized carbons (Fsp3) is 0.429. The number of hydrogen-bond donors (Lipinski definition) is 3. The van der Waals surface area contributed by atoms with Gasteiger partial charge in [0.15, 0.2) is 0 Å². The van der Waals surface area contributed by atoms with Crippen molar-refractivity contribution in [3.63, 3.8) is 0 Å². The number of amides is 2. The van der Waals surface area contributed by atoms with Gasteiger partial charge in [-0.1, -0.05) is 6.07 Å². The third-order valence-electron chi connectivity index (χ3n) is 5.75. The van der Waals surface area contributed by atoms with Crippen molar-refractivity contribution < 1.29 is 29.0 Å². The van der Waals surface area contributed by atoms with Crippen molar-refractivity contribution in [2.45, 2.75) is 44.3 Å². The Kier molecular flexibility index (Phi) is 8.14. The maximum Gasteiger partial charge on any atom is 0.368 e. The van der Waals surface area contributed by atoms with Crippen LogP contribution in [0.15, 0.2) is 30.7 Å². The van der Waals surface area contributed by atoms with Gasteiger partial charge in [-0.3, -0.25) is 29.8 Å². The van der Waals surface area contributed by atoms with E-state index in [2.05, 4.69) is 25.3 Å². The zero-order valence-corrected chi connectivity index (χ0v) is 19.5. The van der Waals surface area contributed by atoms with Crippen LogP contribution >= 0.6 is 0 Å². The van der Waals surface area contributed by atoms with Crippen molar-refractivity contribution >= 4 is 34.8 Å². The second-order valence-electron chi connectivity index (χ2n) is 8.11. The number of H-pyrrole nitrogens is 1. The number of ether oxygens (including phenoxy) is 1. The summed E-state index contributed by atoms with van der Waals surface area (Å²) in [4.78, 5) is 67.5. The van der Waals surface area contributed by atoms with E-state index in [9.17, 15) is 34.6 Å². The van der Waals surface area contributed by atoms with Gasteiger partial charge in [0.1, 0.15) is 23.8 Å². The fourth-order valence-electron chi connectivity index (χ4n) is 4.04. The lowest BCUT2D eigenvalue weighted by atomic mass is 10.1. The summed E-state index contributed by atoms with van der Waals surface area (Å²) in [6.07, 6.45) is 3.73. The molecule has 192 valence electrons. The average Bonchev–Trinajstić information content (AvgIpc) is 3.54. The Morgan fingerprint density at radius 1 is 1.28 bits per heavy atom. The molecular formula is C21H25N7O8. The van der Waals surface area contributed by atoms with Crippen LogP contribution in [0.5, 0.6) is 0 Å². The van der Waals surface area contributed by atoms with Crippen molar-refractivity contribution in [1.82, 2.24) is 20.2 Å². The van der Waals surface area contributed by atoms with Gasteiger partial charge in [-0.25, -0.2) is 9.78 Å². The first-order valence-electron chi connectivity index (χ1n) is 11.0. The van der Waals surface area contributed by atoms with Gasteiger partial charge in [-0.2, -0.15) is 0 Å². The molecule has 1 saturated heterocycles. The Hall–Kier alpha value is -4.56. The topological polar surface area (TPSA) is 203 Å². The lowest BCUT2D eigenvalue weighted by Gasteiger charge is -2.29. The van der Waals surface area contributed by atoms with Crippen molar-refractivity contribution in [1.29, 1.82) is 0 Å². The fourth-order valence-corrected chi connectivity index (χ4v) is 4.04. The molecule has 1 fully saturated rings. The van der Waals surface area contributed by atoms with Crippen LogP contribution in [-0.2, 0) is 25.5 Å². The van der Waals surface area contributed by atoms with Gasteiger partial charge >= 0.3 is 17.3 Å². The number of hydrogen-bond acceptors (Lipinski definition) is 10. The average molecular weight is 503 g/mol. The summed E-state index contributed by atoms with van der Waals surface area (Å²) in [5, 5.41) is 28.3. The number of aromatic nitrogens is 2. The Labute approximate surface area is 204 Å². The lowest BCUT2D eigenvalue weighted by molar-refractivity contribution is -0.421. The Balaban J connectivity index is 1.90. The summed E-state index contributed by atoms with van der Waals surface area (Å²) < 4.78 is 4.61. The van der Waals surface area contributed by atoms with E-state index in [-0.39, 0.29) is 18.7 Å². The number of methoxy groups -OCH3 is 1. The highest BCUT2D eigenvalue weighted by Crippen LogP contribution is 2.35. The first kappa shape index (κ1) is 26.1. The van der Waals surface area contributed by atoms with E-state index in [1.807, 2.05) is 0 Å². The highest BCUT2D eigenvalue weighted by Gasteiger charge is 2.39. The van der Waals surface area contributed by atoms with Crippen LogP contribution in [0, 0.1) is 20.2 Å².